The normalized spacial score (nSPS) is 47.5. The molecule has 0 radical (unpaired) electrons. The van der Waals surface area contributed by atoms with E-state index in [1.54, 1.807) is 0 Å². The Kier molecular flexibility index (Phi) is 2.13. The van der Waals surface area contributed by atoms with Crippen molar-refractivity contribution in [2.75, 3.05) is 6.54 Å². The van der Waals surface area contributed by atoms with Crippen LogP contribution in [0.25, 0.3) is 0 Å². The van der Waals surface area contributed by atoms with Crippen LogP contribution in [0.3, 0.4) is 0 Å². The van der Waals surface area contributed by atoms with Gasteiger partial charge in [0.05, 0.1) is 5.66 Å². The van der Waals surface area contributed by atoms with Gasteiger partial charge in [0, 0.05) is 12.6 Å². The molecule has 2 saturated heterocycles. The summed E-state index contributed by atoms with van der Waals surface area (Å²) in [6.45, 7) is 5.79. The van der Waals surface area contributed by atoms with E-state index in [1.807, 2.05) is 0 Å². The summed E-state index contributed by atoms with van der Waals surface area (Å²) in [5.74, 6) is 0.931. The quantitative estimate of drug-likeness (QED) is 0.619. The van der Waals surface area contributed by atoms with Gasteiger partial charge in [0.25, 0.3) is 0 Å². The lowest BCUT2D eigenvalue weighted by atomic mass is 9.90. The second kappa shape index (κ2) is 3.00. The third-order valence-electron chi connectivity index (χ3n) is 3.46. The van der Waals surface area contributed by atoms with Crippen molar-refractivity contribution in [1.82, 2.24) is 10.6 Å². The first kappa shape index (κ1) is 8.52. The summed E-state index contributed by atoms with van der Waals surface area (Å²) in [4.78, 5) is 0. The topological polar surface area (TPSA) is 24.1 Å². The highest BCUT2D eigenvalue weighted by Crippen LogP contribution is 2.30. The summed E-state index contributed by atoms with van der Waals surface area (Å²) >= 11 is 0. The summed E-state index contributed by atoms with van der Waals surface area (Å²) in [7, 11) is 0. The van der Waals surface area contributed by atoms with Crippen LogP contribution in [0.5, 0.6) is 0 Å². The molecule has 2 N–H and O–H groups in total. The van der Waals surface area contributed by atoms with Crippen LogP contribution in [0.15, 0.2) is 0 Å². The number of hydrogen-bond donors (Lipinski definition) is 2. The zero-order valence-corrected chi connectivity index (χ0v) is 8.19. The first-order valence-corrected chi connectivity index (χ1v) is 5.24. The molecule has 0 aromatic rings. The van der Waals surface area contributed by atoms with E-state index in [4.69, 9.17) is 0 Å². The van der Waals surface area contributed by atoms with E-state index in [9.17, 15) is 0 Å². The first-order valence-electron chi connectivity index (χ1n) is 5.24. The zero-order valence-electron chi connectivity index (χ0n) is 8.19. The van der Waals surface area contributed by atoms with Crippen molar-refractivity contribution in [2.45, 2.75) is 51.2 Å². The van der Waals surface area contributed by atoms with Crippen molar-refractivity contribution >= 4 is 0 Å². The van der Waals surface area contributed by atoms with Crippen molar-refractivity contribution in [3.8, 4) is 0 Å². The van der Waals surface area contributed by atoms with Crippen molar-refractivity contribution < 1.29 is 0 Å². The maximum absolute atomic E-state index is 3.68. The molecular formula is C10H20N2. The summed E-state index contributed by atoms with van der Waals surface area (Å²) < 4.78 is 0. The van der Waals surface area contributed by atoms with Crippen LogP contribution in [-0.2, 0) is 0 Å². The highest BCUT2D eigenvalue weighted by molar-refractivity contribution is 4.97. The van der Waals surface area contributed by atoms with Crippen LogP contribution >= 0.6 is 0 Å². The second-order valence-corrected chi connectivity index (χ2v) is 4.61. The van der Waals surface area contributed by atoms with Gasteiger partial charge in [0.15, 0.2) is 0 Å². The number of rotatable bonds is 1. The third-order valence-corrected chi connectivity index (χ3v) is 3.46. The van der Waals surface area contributed by atoms with Crippen molar-refractivity contribution in [3.63, 3.8) is 0 Å². The molecule has 2 fully saturated rings. The van der Waals surface area contributed by atoms with Crippen LogP contribution in [0, 0.1) is 5.92 Å². The van der Waals surface area contributed by atoms with Crippen molar-refractivity contribution in [1.29, 1.82) is 0 Å². The van der Waals surface area contributed by atoms with Gasteiger partial charge in [-0.05, 0) is 32.1 Å². The van der Waals surface area contributed by atoms with Crippen molar-refractivity contribution in [3.05, 3.63) is 0 Å². The lowest BCUT2D eigenvalue weighted by Crippen LogP contribution is -2.47. The van der Waals surface area contributed by atoms with Crippen LogP contribution in [0.2, 0.25) is 0 Å². The Morgan fingerprint density at radius 1 is 1.42 bits per heavy atom. The van der Waals surface area contributed by atoms with E-state index >= 15 is 0 Å². The smallest absolute Gasteiger partial charge is 0.0663 e. The third kappa shape index (κ3) is 1.50. The summed E-state index contributed by atoms with van der Waals surface area (Å²) in [6.07, 6.45) is 5.43. The van der Waals surface area contributed by atoms with Crippen molar-refractivity contribution in [2.24, 2.45) is 5.92 Å². The molecule has 0 aliphatic carbocycles. The average molecular weight is 168 g/mol. The highest BCUT2D eigenvalue weighted by atomic mass is 15.3. The fraction of sp³-hybridized carbons (Fsp3) is 1.00. The van der Waals surface area contributed by atoms with E-state index in [2.05, 4.69) is 24.5 Å². The van der Waals surface area contributed by atoms with Gasteiger partial charge in [-0.1, -0.05) is 13.3 Å². The molecule has 0 amide bonds. The molecule has 2 bridgehead atoms. The van der Waals surface area contributed by atoms with Crippen LogP contribution in [0.1, 0.15) is 39.5 Å². The second-order valence-electron chi connectivity index (χ2n) is 4.61. The molecule has 12 heavy (non-hydrogen) atoms. The zero-order chi connectivity index (χ0) is 8.60. The maximum Gasteiger partial charge on any atom is 0.0663 e. The molecule has 0 spiro atoms. The lowest BCUT2D eigenvalue weighted by molar-refractivity contribution is 0.280. The molecule has 2 heteroatoms. The predicted molar refractivity (Wildman–Crippen MR) is 51.0 cm³/mol. The maximum atomic E-state index is 3.68. The molecule has 2 aliphatic rings. The van der Waals surface area contributed by atoms with Gasteiger partial charge in [-0.3, -0.25) is 10.6 Å². The summed E-state index contributed by atoms with van der Waals surface area (Å²) in [6, 6.07) is 0.742. The van der Waals surface area contributed by atoms with E-state index in [0.717, 1.165) is 12.0 Å². The molecule has 70 valence electrons. The van der Waals surface area contributed by atoms with Gasteiger partial charge in [-0.25, -0.2) is 0 Å². The predicted octanol–water partition coefficient (Wildman–Crippen LogP) is 1.47. The molecule has 2 heterocycles. The van der Waals surface area contributed by atoms with E-state index in [-0.39, 0.29) is 5.66 Å². The van der Waals surface area contributed by atoms with Gasteiger partial charge < -0.3 is 0 Å². The largest absolute Gasteiger partial charge is 0.298 e. The monoisotopic (exact) mass is 168 g/mol. The Morgan fingerprint density at radius 3 is 3.00 bits per heavy atom. The van der Waals surface area contributed by atoms with Gasteiger partial charge in [-0.2, -0.15) is 0 Å². The molecule has 2 rings (SSSR count). The number of hydrogen-bond acceptors (Lipinski definition) is 2. The Labute approximate surface area is 75.1 Å². The van der Waals surface area contributed by atoms with Crippen LogP contribution < -0.4 is 10.6 Å². The summed E-state index contributed by atoms with van der Waals surface area (Å²) in [5, 5.41) is 7.27. The minimum atomic E-state index is 0.252. The molecule has 0 aromatic carbocycles. The molecule has 0 aromatic heterocycles. The average Bonchev–Trinajstić information content (AvgIpc) is 2.30. The van der Waals surface area contributed by atoms with Gasteiger partial charge in [0.1, 0.15) is 0 Å². The van der Waals surface area contributed by atoms with Gasteiger partial charge in [0.2, 0.25) is 0 Å². The van der Waals surface area contributed by atoms with E-state index in [1.165, 1.54) is 32.2 Å². The fourth-order valence-corrected chi connectivity index (χ4v) is 2.67. The first-order chi connectivity index (χ1) is 5.72. The number of fused-ring (bicyclic) bond motifs is 2. The Balaban J connectivity index is 2.05. The van der Waals surface area contributed by atoms with Gasteiger partial charge >= 0.3 is 0 Å². The molecule has 0 saturated carbocycles. The van der Waals surface area contributed by atoms with Crippen LogP contribution in [-0.4, -0.2) is 18.2 Å². The molecule has 3 atom stereocenters. The molecule has 3 unspecified atom stereocenters. The lowest BCUT2D eigenvalue weighted by Gasteiger charge is -2.27. The Morgan fingerprint density at radius 2 is 2.25 bits per heavy atom. The highest BCUT2D eigenvalue weighted by Gasteiger charge is 2.37. The molecule has 2 aliphatic heterocycles. The molecular weight excluding hydrogens is 148 g/mol. The Bertz CT molecular complexity index is 169. The van der Waals surface area contributed by atoms with E-state index < -0.39 is 0 Å². The summed E-state index contributed by atoms with van der Waals surface area (Å²) in [5.41, 5.74) is 0.252. The molecule has 2 nitrogen and oxygen atoms in total. The van der Waals surface area contributed by atoms with E-state index in [0.29, 0.717) is 0 Å². The fourth-order valence-electron chi connectivity index (χ4n) is 2.67. The Hall–Kier alpha value is -0.0800. The van der Waals surface area contributed by atoms with Crippen LogP contribution in [0.4, 0.5) is 0 Å². The standard InChI is InChI=1S/C10H20N2/c1-3-8-4-5-9-7-11-10(2,6-8)12-9/h8-9,11-12H,3-7H2,1-2H3. The SMILES string of the molecule is CCC1CCC2CNC(C)(C1)N2. The minimum absolute atomic E-state index is 0.252. The minimum Gasteiger partial charge on any atom is -0.298 e. The number of nitrogens with one attached hydrogen (secondary N) is 2. The van der Waals surface area contributed by atoms with Gasteiger partial charge in [-0.15, -0.1) is 0 Å².